The van der Waals surface area contributed by atoms with Gasteiger partial charge >= 0.3 is 242 Å². The molecular formula is C29H33ClN4O3SeSi. The van der Waals surface area contributed by atoms with Crippen molar-refractivity contribution in [2.24, 2.45) is 0 Å². The molecule has 0 aliphatic carbocycles. The number of halogens is 1. The van der Waals surface area contributed by atoms with Crippen molar-refractivity contribution in [3.63, 3.8) is 0 Å². The normalized spacial score (nSPS) is 24.8. The van der Waals surface area contributed by atoms with Crippen molar-refractivity contribution in [1.29, 1.82) is 0 Å². The molecule has 4 atom stereocenters. The third-order valence-corrected chi connectivity index (χ3v) is 16.1. The molecule has 0 bridgehead atoms. The topological polar surface area (TPSA) is 71.3 Å². The molecule has 4 heterocycles. The van der Waals surface area contributed by atoms with Crippen molar-refractivity contribution >= 4 is 56.4 Å². The van der Waals surface area contributed by atoms with Gasteiger partial charge in [0.1, 0.15) is 0 Å². The zero-order valence-corrected chi connectivity index (χ0v) is 26.2. The quantitative estimate of drug-likeness (QED) is 0.230. The van der Waals surface area contributed by atoms with E-state index in [-0.39, 0.29) is 42.0 Å². The Kier molecular flexibility index (Phi) is 6.99. The van der Waals surface area contributed by atoms with Gasteiger partial charge in [0.15, 0.2) is 0 Å². The van der Waals surface area contributed by atoms with Crippen LogP contribution >= 0.6 is 11.6 Å². The Balaban J connectivity index is 1.38. The molecule has 39 heavy (non-hydrogen) atoms. The molecule has 0 radical (unpaired) electrons. The fraction of sp³-hybridized carbons (Fsp3) is 0.414. The van der Waals surface area contributed by atoms with Crippen LogP contribution in [0.15, 0.2) is 73.3 Å². The van der Waals surface area contributed by atoms with E-state index in [1.165, 1.54) is 16.7 Å². The number of ether oxygens (including phenoxy) is 2. The van der Waals surface area contributed by atoms with Crippen LogP contribution in [-0.2, 0) is 13.9 Å². The van der Waals surface area contributed by atoms with Gasteiger partial charge < -0.3 is 0 Å². The molecule has 2 aromatic carbocycles. The molecule has 10 heteroatoms. The van der Waals surface area contributed by atoms with Crippen LogP contribution in [0.3, 0.4) is 0 Å². The van der Waals surface area contributed by atoms with E-state index < -0.39 is 14.1 Å². The molecule has 0 saturated carbocycles. The molecule has 0 N–H and O–H groups in total. The SMILES string of the molecule is CC1(C)OC2C(O1)[C@@H](CO[Si](c1ccccc1)(c1ccccc1)C(C)(C)C)[Se][C@H]2n1cnc2ncnc(Cl)c21. The van der Waals surface area contributed by atoms with Crippen molar-refractivity contribution < 1.29 is 13.9 Å². The van der Waals surface area contributed by atoms with Crippen LogP contribution in [0.4, 0.5) is 0 Å². The van der Waals surface area contributed by atoms with Gasteiger partial charge in [0.25, 0.3) is 0 Å². The number of nitrogens with zero attached hydrogens (tertiary/aromatic N) is 4. The van der Waals surface area contributed by atoms with E-state index in [1.807, 2.05) is 20.2 Å². The van der Waals surface area contributed by atoms with Crippen molar-refractivity contribution in [1.82, 2.24) is 19.5 Å². The number of aromatic nitrogens is 4. The van der Waals surface area contributed by atoms with E-state index in [0.717, 1.165) is 5.52 Å². The summed E-state index contributed by atoms with van der Waals surface area (Å²) in [7, 11) is -2.68. The summed E-state index contributed by atoms with van der Waals surface area (Å²) in [5.41, 5.74) is 1.33. The first kappa shape index (κ1) is 27.1. The zero-order chi connectivity index (χ0) is 27.4. The average molecular weight is 628 g/mol. The molecule has 0 amide bonds. The standard InChI is InChI=1S/C29H33ClN4O3SeSi/c1-28(2,3)39(19-12-8-6-9-13-19,20-14-10-7-11-15-20)35-16-21-23-24(37-29(4,5)36-23)27(38-21)34-18-33-26-22(34)25(30)31-17-32-26/h6-15,17-18,21,23-24,27H,16H2,1-5H3/t21-,23?,24?,27-/m1/s1. The molecule has 204 valence electrons. The Hall–Kier alpha value is -2.10. The molecule has 2 saturated heterocycles. The van der Waals surface area contributed by atoms with Crippen LogP contribution in [0.2, 0.25) is 15.0 Å². The average Bonchev–Trinajstić information content (AvgIpc) is 3.56. The monoisotopic (exact) mass is 628 g/mol. The van der Waals surface area contributed by atoms with Gasteiger partial charge in [0.05, 0.1) is 0 Å². The number of fused-ring (bicyclic) bond motifs is 2. The second-order valence-corrected chi connectivity index (χ2v) is 19.1. The second-order valence-electron chi connectivity index (χ2n) is 11.6. The van der Waals surface area contributed by atoms with Gasteiger partial charge in [-0.3, -0.25) is 0 Å². The van der Waals surface area contributed by atoms with E-state index >= 15 is 0 Å². The third kappa shape index (κ3) is 4.68. The first-order chi connectivity index (χ1) is 18.6. The summed E-state index contributed by atoms with van der Waals surface area (Å²) >= 11 is 6.60. The maximum atomic E-state index is 7.35. The number of rotatable bonds is 6. The number of hydrogen-bond acceptors (Lipinski definition) is 6. The first-order valence-electron chi connectivity index (χ1n) is 13.2. The van der Waals surface area contributed by atoms with Gasteiger partial charge in [-0.2, -0.15) is 0 Å². The van der Waals surface area contributed by atoms with E-state index in [4.69, 9.17) is 25.5 Å². The predicted octanol–water partition coefficient (Wildman–Crippen LogP) is 4.58. The van der Waals surface area contributed by atoms with Crippen molar-refractivity contribution in [2.75, 3.05) is 6.61 Å². The van der Waals surface area contributed by atoms with E-state index in [1.54, 1.807) is 0 Å². The number of hydrogen-bond donors (Lipinski definition) is 0. The Morgan fingerprint density at radius 2 is 1.56 bits per heavy atom. The van der Waals surface area contributed by atoms with Gasteiger partial charge in [-0.25, -0.2) is 0 Å². The van der Waals surface area contributed by atoms with Gasteiger partial charge in [0.2, 0.25) is 0 Å². The molecule has 2 aliphatic rings. The van der Waals surface area contributed by atoms with Gasteiger partial charge in [-0.1, -0.05) is 0 Å². The molecule has 2 unspecified atom stereocenters. The first-order valence-corrected chi connectivity index (χ1v) is 17.5. The van der Waals surface area contributed by atoms with Gasteiger partial charge in [-0.15, -0.1) is 0 Å². The minimum atomic E-state index is -2.68. The van der Waals surface area contributed by atoms with E-state index in [2.05, 4.69) is 101 Å². The Morgan fingerprint density at radius 3 is 2.18 bits per heavy atom. The summed E-state index contributed by atoms with van der Waals surface area (Å²) in [5.74, 6) is -0.684. The fourth-order valence-corrected chi connectivity index (χ4v) is 14.3. The summed E-state index contributed by atoms with van der Waals surface area (Å²) in [6.07, 6.45) is 3.03. The van der Waals surface area contributed by atoms with Crippen LogP contribution in [0.25, 0.3) is 11.2 Å². The molecule has 6 rings (SSSR count). The van der Waals surface area contributed by atoms with Gasteiger partial charge in [0, 0.05) is 0 Å². The molecule has 7 nitrogen and oxygen atoms in total. The molecule has 4 aromatic rings. The van der Waals surface area contributed by atoms with Crippen LogP contribution in [0.5, 0.6) is 0 Å². The Labute approximate surface area is 241 Å². The molecular weight excluding hydrogens is 595 g/mol. The second kappa shape index (κ2) is 10.1. The molecule has 2 aromatic heterocycles. The van der Waals surface area contributed by atoms with Crippen LogP contribution in [-0.4, -0.2) is 67.4 Å². The maximum absolute atomic E-state index is 7.35. The molecule has 2 aliphatic heterocycles. The van der Waals surface area contributed by atoms with Crippen molar-refractivity contribution in [2.45, 2.75) is 67.4 Å². The van der Waals surface area contributed by atoms with E-state index in [0.29, 0.717) is 17.4 Å². The van der Waals surface area contributed by atoms with Crippen molar-refractivity contribution in [3.8, 4) is 0 Å². The number of benzene rings is 2. The molecule has 0 spiro atoms. The van der Waals surface area contributed by atoms with Crippen LogP contribution < -0.4 is 10.4 Å². The summed E-state index contributed by atoms with van der Waals surface area (Å²) in [4.78, 5) is 13.3. The summed E-state index contributed by atoms with van der Waals surface area (Å²) in [5, 5.41) is 2.85. The minimum absolute atomic E-state index is 0.0329. The summed E-state index contributed by atoms with van der Waals surface area (Å²) in [6, 6.07) is 21.5. The van der Waals surface area contributed by atoms with Crippen molar-refractivity contribution in [3.05, 3.63) is 78.5 Å². The summed E-state index contributed by atoms with van der Waals surface area (Å²) in [6.45, 7) is 11.5. The molecule has 2 fully saturated rings. The van der Waals surface area contributed by atoms with Crippen LogP contribution in [0, 0.1) is 0 Å². The third-order valence-electron chi connectivity index (χ3n) is 7.60. The van der Waals surface area contributed by atoms with Gasteiger partial charge in [-0.05, 0) is 0 Å². The predicted molar refractivity (Wildman–Crippen MR) is 156 cm³/mol. The Morgan fingerprint density at radius 1 is 0.949 bits per heavy atom. The fourth-order valence-electron chi connectivity index (χ4n) is 6.02. The van der Waals surface area contributed by atoms with E-state index in [9.17, 15) is 0 Å². The number of imidazole rings is 1. The Bertz CT molecular complexity index is 1420. The van der Waals surface area contributed by atoms with Crippen LogP contribution in [0.1, 0.15) is 39.6 Å². The summed E-state index contributed by atoms with van der Waals surface area (Å²) < 4.78 is 22.5. The zero-order valence-electron chi connectivity index (χ0n) is 22.7.